The van der Waals surface area contributed by atoms with Crippen molar-refractivity contribution in [2.24, 2.45) is 5.92 Å². The summed E-state index contributed by atoms with van der Waals surface area (Å²) in [6, 6.07) is 22.2. The van der Waals surface area contributed by atoms with Crippen LogP contribution in [-0.4, -0.2) is 68.3 Å². The summed E-state index contributed by atoms with van der Waals surface area (Å²) >= 11 is 0. The molecule has 1 N–H and O–H groups in total. The number of carbonyl (C=O) groups excluding carboxylic acids is 2. The molecule has 47 heavy (non-hydrogen) atoms. The Morgan fingerprint density at radius 1 is 0.915 bits per heavy atom. The Bertz CT molecular complexity index is 1530. The van der Waals surface area contributed by atoms with Gasteiger partial charge in [-0.25, -0.2) is 9.59 Å². The summed E-state index contributed by atoms with van der Waals surface area (Å²) in [6.07, 6.45) is 5.03. The first-order chi connectivity index (χ1) is 22.5. The number of esters is 2. The third-order valence-corrected chi connectivity index (χ3v) is 7.79. The molecule has 3 aromatic rings. The second-order valence-electron chi connectivity index (χ2n) is 11.8. The minimum Gasteiger partial charge on any atom is -0.467 e. The molecule has 0 radical (unpaired) electrons. The van der Waals surface area contributed by atoms with Crippen molar-refractivity contribution in [3.8, 4) is 16.9 Å². The van der Waals surface area contributed by atoms with E-state index in [1.165, 1.54) is 14.2 Å². The van der Waals surface area contributed by atoms with Gasteiger partial charge in [-0.2, -0.15) is 0 Å². The summed E-state index contributed by atoms with van der Waals surface area (Å²) in [5, 5.41) is 10.1. The summed E-state index contributed by atoms with van der Waals surface area (Å²) in [4.78, 5) is 26.2. The molecule has 1 aliphatic rings. The number of hydrogen-bond donors (Lipinski definition) is 1. The first-order valence-corrected chi connectivity index (χ1v) is 15.6. The quantitative estimate of drug-likeness (QED) is 0.115. The average molecular weight is 645 g/mol. The molecule has 0 saturated carbocycles. The van der Waals surface area contributed by atoms with E-state index in [2.05, 4.69) is 0 Å². The fourth-order valence-electron chi connectivity index (χ4n) is 5.20. The van der Waals surface area contributed by atoms with Gasteiger partial charge in [0.25, 0.3) is 0 Å². The zero-order valence-electron chi connectivity index (χ0n) is 27.8. The highest BCUT2D eigenvalue weighted by Gasteiger charge is 2.45. The van der Waals surface area contributed by atoms with Crippen molar-refractivity contribution in [1.29, 1.82) is 0 Å². The molecule has 1 fully saturated rings. The molecule has 1 saturated heterocycles. The van der Waals surface area contributed by atoms with Crippen LogP contribution in [0.3, 0.4) is 0 Å². The Morgan fingerprint density at radius 2 is 1.60 bits per heavy atom. The summed E-state index contributed by atoms with van der Waals surface area (Å²) in [7, 11) is 2.83. The van der Waals surface area contributed by atoms with Gasteiger partial charge in [-0.1, -0.05) is 73.7 Å². The molecule has 1 aliphatic heterocycles. The lowest BCUT2D eigenvalue weighted by Gasteiger charge is -2.25. The van der Waals surface area contributed by atoms with E-state index in [4.69, 9.17) is 28.4 Å². The fraction of sp³-hybridized carbons (Fsp3) is 0.368. The van der Waals surface area contributed by atoms with Crippen molar-refractivity contribution in [2.75, 3.05) is 21.0 Å². The number of rotatable bonds is 14. The Kier molecular flexibility index (Phi) is 12.5. The smallest absolute Gasteiger partial charge is 0.342 e. The predicted octanol–water partition coefficient (Wildman–Crippen LogP) is 6.85. The minimum absolute atomic E-state index is 0.0559. The molecule has 5 atom stereocenters. The minimum atomic E-state index is -0.962. The zero-order valence-corrected chi connectivity index (χ0v) is 27.8. The first-order valence-electron chi connectivity index (χ1n) is 15.6. The number of carbonyl (C=O) groups is 2. The second-order valence-corrected chi connectivity index (χ2v) is 11.8. The lowest BCUT2D eigenvalue weighted by molar-refractivity contribution is -0.152. The van der Waals surface area contributed by atoms with Crippen LogP contribution in [0.5, 0.6) is 5.75 Å². The maximum atomic E-state index is 13.2. The van der Waals surface area contributed by atoms with Crippen LogP contribution in [0, 0.1) is 5.92 Å². The van der Waals surface area contributed by atoms with Crippen molar-refractivity contribution >= 4 is 18.0 Å². The summed E-state index contributed by atoms with van der Waals surface area (Å²) < 4.78 is 34.7. The molecule has 0 spiro atoms. The second kappa shape index (κ2) is 16.5. The highest BCUT2D eigenvalue weighted by atomic mass is 16.8. The molecule has 3 aromatic carbocycles. The van der Waals surface area contributed by atoms with Crippen LogP contribution >= 0.6 is 0 Å². The number of benzene rings is 3. The Labute approximate surface area is 276 Å². The lowest BCUT2D eigenvalue weighted by Crippen LogP contribution is -2.37. The third kappa shape index (κ3) is 9.62. The standard InChI is InChI=1S/C38H44O9/c1-25(26(2)39)20-21-31(45-36(40)28-16-11-8-12-17-28)35-32(46-38(3,4)47-35)19-13-18-29-22-30(27-14-9-7-10-15-27)23-33(44-24-42-5)34(29)37(41)43-6/h7-18,20-23,25-26,31-32,35,39H,19,24H2,1-6H3/b18-13+,21-20-/t25?,26-,31?,32-,35+/m0/s1. The normalized spacial score (nSPS) is 19.4. The van der Waals surface area contributed by atoms with E-state index in [1.54, 1.807) is 57.2 Å². The summed E-state index contributed by atoms with van der Waals surface area (Å²) in [6.45, 7) is 7.13. The van der Waals surface area contributed by atoms with E-state index in [-0.39, 0.29) is 18.3 Å². The zero-order chi connectivity index (χ0) is 34.0. The van der Waals surface area contributed by atoms with E-state index in [0.29, 0.717) is 23.3 Å². The van der Waals surface area contributed by atoms with Crippen LogP contribution in [0.25, 0.3) is 17.2 Å². The van der Waals surface area contributed by atoms with Crippen LogP contribution in [-0.2, 0) is 23.7 Å². The van der Waals surface area contributed by atoms with Gasteiger partial charge >= 0.3 is 11.9 Å². The number of ether oxygens (including phenoxy) is 6. The number of aliphatic hydroxyl groups excluding tert-OH is 1. The molecular weight excluding hydrogens is 600 g/mol. The van der Waals surface area contributed by atoms with Crippen LogP contribution in [0.1, 0.15) is 60.4 Å². The molecule has 0 aromatic heterocycles. The molecule has 0 bridgehead atoms. The van der Waals surface area contributed by atoms with Gasteiger partial charge in [-0.3, -0.25) is 0 Å². The van der Waals surface area contributed by atoms with E-state index in [0.717, 1.165) is 11.1 Å². The SMILES string of the molecule is COCOc1cc(-c2ccccc2)cc(/C=C/C[C@@H]2OC(C)(C)O[C@@H]2C(/C=C\C(C)[C@H](C)O)OC(=O)c2ccccc2)c1C(=O)OC. The maximum Gasteiger partial charge on any atom is 0.342 e. The average Bonchev–Trinajstić information content (AvgIpc) is 3.39. The van der Waals surface area contributed by atoms with Crippen LogP contribution in [0.4, 0.5) is 0 Å². The molecule has 1 heterocycles. The maximum absolute atomic E-state index is 13.2. The molecular formula is C38H44O9. The van der Waals surface area contributed by atoms with Crippen molar-refractivity contribution in [1.82, 2.24) is 0 Å². The number of hydrogen-bond acceptors (Lipinski definition) is 9. The van der Waals surface area contributed by atoms with Gasteiger partial charge in [0.1, 0.15) is 23.5 Å². The molecule has 9 heteroatoms. The van der Waals surface area contributed by atoms with E-state index < -0.39 is 42.1 Å². The van der Waals surface area contributed by atoms with E-state index in [1.807, 2.05) is 67.6 Å². The molecule has 250 valence electrons. The number of aliphatic hydroxyl groups is 1. The van der Waals surface area contributed by atoms with Gasteiger partial charge in [0.05, 0.1) is 24.9 Å². The summed E-state index contributed by atoms with van der Waals surface area (Å²) in [5.74, 6) is -1.89. The Hall–Kier alpha value is -4.28. The lowest BCUT2D eigenvalue weighted by atomic mass is 9.96. The Morgan fingerprint density at radius 3 is 2.23 bits per heavy atom. The van der Waals surface area contributed by atoms with Crippen molar-refractivity contribution in [3.05, 3.63) is 108 Å². The molecule has 0 aliphatic carbocycles. The van der Waals surface area contributed by atoms with Crippen molar-refractivity contribution in [3.63, 3.8) is 0 Å². The van der Waals surface area contributed by atoms with Crippen molar-refractivity contribution < 1.29 is 43.1 Å². The van der Waals surface area contributed by atoms with Crippen LogP contribution in [0.2, 0.25) is 0 Å². The van der Waals surface area contributed by atoms with Gasteiger partial charge in [0.2, 0.25) is 0 Å². The topological polar surface area (TPSA) is 110 Å². The van der Waals surface area contributed by atoms with E-state index >= 15 is 0 Å². The molecule has 4 rings (SSSR count). The molecule has 0 amide bonds. The third-order valence-electron chi connectivity index (χ3n) is 7.79. The number of methoxy groups -OCH3 is 2. The highest BCUT2D eigenvalue weighted by molar-refractivity contribution is 5.98. The van der Waals surface area contributed by atoms with Crippen LogP contribution in [0.15, 0.2) is 91.0 Å². The largest absolute Gasteiger partial charge is 0.467 e. The first kappa shape index (κ1) is 35.6. The van der Waals surface area contributed by atoms with Gasteiger partial charge in [0.15, 0.2) is 12.6 Å². The van der Waals surface area contributed by atoms with Gasteiger partial charge in [-0.15, -0.1) is 0 Å². The van der Waals surface area contributed by atoms with Crippen molar-refractivity contribution in [2.45, 2.75) is 64.3 Å². The Balaban J connectivity index is 1.68. The summed E-state index contributed by atoms with van der Waals surface area (Å²) in [5.41, 5.74) is 3.02. The van der Waals surface area contributed by atoms with Gasteiger partial charge in [0, 0.05) is 7.11 Å². The monoisotopic (exact) mass is 644 g/mol. The highest BCUT2D eigenvalue weighted by Crippen LogP contribution is 2.36. The van der Waals surface area contributed by atoms with E-state index in [9.17, 15) is 14.7 Å². The predicted molar refractivity (Wildman–Crippen MR) is 179 cm³/mol. The molecule has 2 unspecified atom stereocenters. The van der Waals surface area contributed by atoms with Crippen LogP contribution < -0.4 is 4.74 Å². The fourth-order valence-corrected chi connectivity index (χ4v) is 5.20. The molecule has 9 nitrogen and oxygen atoms in total. The van der Waals surface area contributed by atoms with Gasteiger partial charge < -0.3 is 33.5 Å². The van der Waals surface area contributed by atoms with Gasteiger partial charge in [-0.05, 0) is 80.1 Å².